The Morgan fingerprint density at radius 3 is 2.91 bits per heavy atom. The maximum atomic E-state index is 12.2. The molecule has 0 aliphatic carbocycles. The fourth-order valence-corrected chi connectivity index (χ4v) is 2.93. The van der Waals surface area contributed by atoms with Crippen LogP contribution in [0, 0.1) is 0 Å². The summed E-state index contributed by atoms with van der Waals surface area (Å²) in [5.74, 6) is -0.349. The summed E-state index contributed by atoms with van der Waals surface area (Å²) in [4.78, 5) is 13.1. The minimum Gasteiger partial charge on any atom is -0.276 e. The smallest absolute Gasteiger partial charge is 0.275 e. The standard InChI is InChI=1S/C15H10Cl2N4OS/c16-11-4-3-9(6-12(11)17)7-18-21-15(22)10-8-19-20-14(10)13-2-1-5-23-13/h1-8H,(H,19,20)(H,21,22)/b18-7-. The number of halogens is 2. The number of hydrazone groups is 1. The molecule has 0 radical (unpaired) electrons. The normalized spacial score (nSPS) is 11.0. The topological polar surface area (TPSA) is 70.1 Å². The third kappa shape index (κ3) is 3.61. The molecule has 116 valence electrons. The second kappa shape index (κ2) is 6.95. The lowest BCUT2D eigenvalue weighted by Gasteiger charge is -2.00. The molecular weight excluding hydrogens is 355 g/mol. The van der Waals surface area contributed by atoms with E-state index < -0.39 is 0 Å². The first kappa shape index (κ1) is 15.7. The Hall–Kier alpha value is -2.15. The van der Waals surface area contributed by atoms with Gasteiger partial charge in [-0.05, 0) is 29.1 Å². The van der Waals surface area contributed by atoms with Crippen LogP contribution in [0.4, 0.5) is 0 Å². The summed E-state index contributed by atoms with van der Waals surface area (Å²) >= 11 is 13.3. The summed E-state index contributed by atoms with van der Waals surface area (Å²) in [5.41, 5.74) is 4.29. The van der Waals surface area contributed by atoms with Gasteiger partial charge in [-0.25, -0.2) is 5.43 Å². The number of nitrogens with zero attached hydrogens (tertiary/aromatic N) is 2. The number of carbonyl (C=O) groups is 1. The second-order valence-corrected chi connectivity index (χ2v) is 6.27. The van der Waals surface area contributed by atoms with Crippen molar-refractivity contribution < 1.29 is 4.79 Å². The van der Waals surface area contributed by atoms with Crippen LogP contribution in [0.1, 0.15) is 15.9 Å². The monoisotopic (exact) mass is 364 g/mol. The summed E-state index contributed by atoms with van der Waals surface area (Å²) in [6.45, 7) is 0. The molecule has 0 saturated carbocycles. The lowest BCUT2D eigenvalue weighted by atomic mass is 10.2. The van der Waals surface area contributed by atoms with E-state index >= 15 is 0 Å². The predicted octanol–water partition coefficient (Wildman–Crippen LogP) is 4.21. The van der Waals surface area contributed by atoms with Gasteiger partial charge in [-0.15, -0.1) is 11.3 Å². The van der Waals surface area contributed by atoms with Crippen LogP contribution in [-0.4, -0.2) is 22.3 Å². The van der Waals surface area contributed by atoms with Gasteiger partial charge in [0, 0.05) is 0 Å². The molecule has 0 bridgehead atoms. The van der Waals surface area contributed by atoms with Gasteiger partial charge in [-0.2, -0.15) is 10.2 Å². The number of rotatable bonds is 4. The highest BCUT2D eigenvalue weighted by Crippen LogP contribution is 2.25. The Balaban J connectivity index is 1.72. The molecule has 2 aromatic heterocycles. The first-order chi connectivity index (χ1) is 11.1. The average Bonchev–Trinajstić information content (AvgIpc) is 3.20. The first-order valence-corrected chi connectivity index (χ1v) is 8.14. The van der Waals surface area contributed by atoms with Gasteiger partial charge in [-0.3, -0.25) is 9.89 Å². The third-order valence-electron chi connectivity index (χ3n) is 2.97. The number of thiophene rings is 1. The van der Waals surface area contributed by atoms with Crippen LogP contribution in [0.2, 0.25) is 10.0 Å². The van der Waals surface area contributed by atoms with Gasteiger partial charge >= 0.3 is 0 Å². The highest BCUT2D eigenvalue weighted by atomic mass is 35.5. The van der Waals surface area contributed by atoms with Gasteiger partial charge < -0.3 is 0 Å². The number of nitrogens with one attached hydrogen (secondary N) is 2. The van der Waals surface area contributed by atoms with Crippen molar-refractivity contribution in [3.63, 3.8) is 0 Å². The Labute approximate surface area is 145 Å². The fourth-order valence-electron chi connectivity index (χ4n) is 1.89. The predicted molar refractivity (Wildman–Crippen MR) is 93.4 cm³/mol. The van der Waals surface area contributed by atoms with Crippen molar-refractivity contribution in [3.05, 3.63) is 63.1 Å². The van der Waals surface area contributed by atoms with E-state index in [1.807, 2.05) is 17.5 Å². The molecule has 5 nitrogen and oxygen atoms in total. The number of amides is 1. The number of aromatic amines is 1. The van der Waals surface area contributed by atoms with Crippen LogP contribution in [0.15, 0.2) is 47.0 Å². The van der Waals surface area contributed by atoms with Gasteiger partial charge in [0.25, 0.3) is 5.91 Å². The maximum absolute atomic E-state index is 12.2. The first-order valence-electron chi connectivity index (χ1n) is 6.51. The number of benzene rings is 1. The van der Waals surface area contributed by atoms with Crippen LogP contribution in [0.5, 0.6) is 0 Å². The molecule has 0 saturated heterocycles. The number of hydrogen-bond donors (Lipinski definition) is 2. The quantitative estimate of drug-likeness (QED) is 0.537. The van der Waals surface area contributed by atoms with Gasteiger partial charge in [-0.1, -0.05) is 35.3 Å². The van der Waals surface area contributed by atoms with Crippen molar-refractivity contribution >= 4 is 46.7 Å². The molecular formula is C15H10Cl2N4OS. The molecule has 1 amide bonds. The molecule has 3 rings (SSSR count). The number of H-pyrrole nitrogens is 1. The summed E-state index contributed by atoms with van der Waals surface area (Å²) < 4.78 is 0. The van der Waals surface area contributed by atoms with Crippen molar-refractivity contribution in [2.45, 2.75) is 0 Å². The molecule has 2 heterocycles. The molecule has 0 atom stereocenters. The largest absolute Gasteiger partial charge is 0.276 e. The third-order valence-corrected chi connectivity index (χ3v) is 4.60. The van der Waals surface area contributed by atoms with Gasteiger partial charge in [0.15, 0.2) is 0 Å². The van der Waals surface area contributed by atoms with E-state index in [-0.39, 0.29) is 5.91 Å². The van der Waals surface area contributed by atoms with Crippen LogP contribution >= 0.6 is 34.5 Å². The van der Waals surface area contributed by atoms with Gasteiger partial charge in [0.1, 0.15) is 0 Å². The zero-order chi connectivity index (χ0) is 16.2. The molecule has 0 aliphatic heterocycles. The van der Waals surface area contributed by atoms with Crippen LogP contribution in [-0.2, 0) is 0 Å². The van der Waals surface area contributed by atoms with Crippen molar-refractivity contribution in [2.75, 3.05) is 0 Å². The number of carbonyl (C=O) groups excluding carboxylic acids is 1. The van der Waals surface area contributed by atoms with Crippen molar-refractivity contribution in [3.8, 4) is 10.6 Å². The van der Waals surface area contributed by atoms with Crippen LogP contribution in [0.25, 0.3) is 10.6 Å². The average molecular weight is 365 g/mol. The lowest BCUT2D eigenvalue weighted by molar-refractivity contribution is 0.0956. The van der Waals surface area contributed by atoms with Gasteiger partial charge in [0.05, 0.1) is 38.6 Å². The summed E-state index contributed by atoms with van der Waals surface area (Å²) in [5, 5.41) is 13.5. The molecule has 1 aromatic carbocycles. The van der Waals surface area contributed by atoms with Crippen LogP contribution in [0.3, 0.4) is 0 Å². The molecule has 2 N–H and O–H groups in total. The lowest BCUT2D eigenvalue weighted by Crippen LogP contribution is -2.17. The van der Waals surface area contributed by atoms with Crippen molar-refractivity contribution in [1.29, 1.82) is 0 Å². The second-order valence-electron chi connectivity index (χ2n) is 4.51. The Morgan fingerprint density at radius 1 is 1.30 bits per heavy atom. The molecule has 0 unspecified atom stereocenters. The van der Waals surface area contributed by atoms with E-state index in [0.29, 0.717) is 21.3 Å². The zero-order valence-electron chi connectivity index (χ0n) is 11.6. The molecule has 3 aromatic rings. The Bertz CT molecular complexity index is 858. The van der Waals surface area contributed by atoms with Gasteiger partial charge in [0.2, 0.25) is 0 Å². The highest BCUT2D eigenvalue weighted by molar-refractivity contribution is 7.13. The summed E-state index contributed by atoms with van der Waals surface area (Å²) in [7, 11) is 0. The Morgan fingerprint density at radius 2 is 2.17 bits per heavy atom. The molecule has 0 aliphatic rings. The van der Waals surface area contributed by atoms with E-state index in [0.717, 1.165) is 10.4 Å². The van der Waals surface area contributed by atoms with Crippen molar-refractivity contribution in [2.24, 2.45) is 5.10 Å². The number of aromatic nitrogens is 2. The fraction of sp³-hybridized carbons (Fsp3) is 0. The molecule has 8 heteroatoms. The molecule has 0 spiro atoms. The minimum atomic E-state index is -0.349. The van der Waals surface area contributed by atoms with E-state index in [2.05, 4.69) is 20.7 Å². The molecule has 23 heavy (non-hydrogen) atoms. The van der Waals surface area contributed by atoms with E-state index in [1.54, 1.807) is 18.2 Å². The summed E-state index contributed by atoms with van der Waals surface area (Å²) in [6.07, 6.45) is 2.96. The zero-order valence-corrected chi connectivity index (χ0v) is 13.9. The minimum absolute atomic E-state index is 0.349. The van der Waals surface area contributed by atoms with Crippen LogP contribution < -0.4 is 5.43 Å². The van der Waals surface area contributed by atoms with E-state index in [4.69, 9.17) is 23.2 Å². The summed E-state index contributed by atoms with van der Waals surface area (Å²) in [6, 6.07) is 8.89. The number of hydrogen-bond acceptors (Lipinski definition) is 4. The highest BCUT2D eigenvalue weighted by Gasteiger charge is 2.15. The molecule has 0 fully saturated rings. The van der Waals surface area contributed by atoms with Crippen molar-refractivity contribution in [1.82, 2.24) is 15.6 Å². The van der Waals surface area contributed by atoms with E-state index in [9.17, 15) is 4.79 Å². The maximum Gasteiger partial charge on any atom is 0.275 e. The Kier molecular flexibility index (Phi) is 4.76. The SMILES string of the molecule is O=C(N/N=C\c1ccc(Cl)c(Cl)c1)c1cn[nH]c1-c1cccs1. The van der Waals surface area contributed by atoms with E-state index in [1.165, 1.54) is 23.7 Å².